The molecule has 3 rings (SSSR count). The summed E-state index contributed by atoms with van der Waals surface area (Å²) in [5, 5.41) is 7.64. The summed E-state index contributed by atoms with van der Waals surface area (Å²) < 4.78 is 5.60. The molecule has 2 heterocycles. The smallest absolute Gasteiger partial charge is 0.265 e. The molecule has 5 nitrogen and oxygen atoms in total. The maximum atomic E-state index is 12.4. The number of thiophene rings is 1. The number of hydrogen-bond acceptors (Lipinski definition) is 4. The molecule has 0 bridgehead atoms. The number of amides is 2. The van der Waals surface area contributed by atoms with Gasteiger partial charge in [-0.25, -0.2) is 0 Å². The molecule has 0 radical (unpaired) electrons. The van der Waals surface area contributed by atoms with Gasteiger partial charge in [-0.3, -0.25) is 9.59 Å². The predicted molar refractivity (Wildman–Crippen MR) is 94.6 cm³/mol. The van der Waals surface area contributed by atoms with Crippen molar-refractivity contribution < 1.29 is 14.3 Å². The van der Waals surface area contributed by atoms with E-state index < -0.39 is 0 Å². The highest BCUT2D eigenvalue weighted by Gasteiger charge is 2.24. The summed E-state index contributed by atoms with van der Waals surface area (Å²) in [7, 11) is 0. The van der Waals surface area contributed by atoms with E-state index in [2.05, 4.69) is 10.6 Å². The highest BCUT2D eigenvalue weighted by Crippen LogP contribution is 2.17. The molecule has 6 heteroatoms. The quantitative estimate of drug-likeness (QED) is 0.874. The Labute approximate surface area is 145 Å². The van der Waals surface area contributed by atoms with E-state index in [9.17, 15) is 9.59 Å². The van der Waals surface area contributed by atoms with E-state index in [-0.39, 0.29) is 24.0 Å². The summed E-state index contributed by atoms with van der Waals surface area (Å²) in [4.78, 5) is 25.1. The second-order valence-corrected chi connectivity index (χ2v) is 6.77. The molecule has 0 spiro atoms. The van der Waals surface area contributed by atoms with E-state index in [0.29, 0.717) is 16.1 Å². The van der Waals surface area contributed by atoms with Crippen LogP contribution in [0.15, 0.2) is 41.8 Å². The number of ether oxygens (including phenoxy) is 1. The maximum absolute atomic E-state index is 12.4. The monoisotopic (exact) mass is 344 g/mol. The van der Waals surface area contributed by atoms with E-state index in [1.165, 1.54) is 11.3 Å². The molecule has 126 valence electrons. The summed E-state index contributed by atoms with van der Waals surface area (Å²) in [6.07, 6.45) is 2.09. The van der Waals surface area contributed by atoms with Crippen LogP contribution in [0.25, 0.3) is 0 Å². The predicted octanol–water partition coefficient (Wildman–Crippen LogP) is 3.30. The molecule has 1 aliphatic rings. The Morgan fingerprint density at radius 2 is 2.12 bits per heavy atom. The van der Waals surface area contributed by atoms with Crippen molar-refractivity contribution in [2.24, 2.45) is 0 Å². The van der Waals surface area contributed by atoms with Crippen molar-refractivity contribution in [3.63, 3.8) is 0 Å². The molecule has 2 amide bonds. The lowest BCUT2D eigenvalue weighted by Gasteiger charge is -2.20. The van der Waals surface area contributed by atoms with Crippen molar-refractivity contribution in [1.29, 1.82) is 0 Å². The maximum Gasteiger partial charge on any atom is 0.265 e. The summed E-state index contributed by atoms with van der Waals surface area (Å²) in [6.45, 7) is 2.71. The molecule has 2 aromatic rings. The summed E-state index contributed by atoms with van der Waals surface area (Å²) in [5.74, 6) is -0.333. The number of carbonyl (C=O) groups excluding carboxylic acids is 2. The third-order valence-electron chi connectivity index (χ3n) is 4.01. The van der Waals surface area contributed by atoms with Crippen molar-refractivity contribution in [1.82, 2.24) is 5.32 Å². The lowest BCUT2D eigenvalue weighted by Crippen LogP contribution is -2.40. The van der Waals surface area contributed by atoms with Crippen LogP contribution in [0.2, 0.25) is 0 Å². The van der Waals surface area contributed by atoms with E-state index in [4.69, 9.17) is 4.74 Å². The number of hydrogen-bond donors (Lipinski definition) is 2. The van der Waals surface area contributed by atoms with Crippen LogP contribution in [0.3, 0.4) is 0 Å². The average molecular weight is 344 g/mol. The third kappa shape index (κ3) is 4.01. The Morgan fingerprint density at radius 1 is 1.25 bits per heavy atom. The molecule has 1 saturated heterocycles. The normalized spacial score (nSPS) is 18.1. The van der Waals surface area contributed by atoms with Crippen LogP contribution in [0, 0.1) is 0 Å². The Kier molecular flexibility index (Phi) is 5.27. The first-order chi connectivity index (χ1) is 11.6. The Hall–Kier alpha value is -2.18. The number of rotatable bonds is 5. The first-order valence-corrected chi connectivity index (χ1v) is 8.89. The van der Waals surface area contributed by atoms with Gasteiger partial charge in [-0.1, -0.05) is 12.1 Å². The standard InChI is InChI=1S/C18H20N2O3S/c1-12(15-7-3-9-23-15)19-17(21)13-5-2-6-14(11-13)20-18(22)16-8-4-10-24-16/h2,4-6,8,10-12,15H,3,7,9H2,1H3,(H,19,21)(H,20,22). The first kappa shape index (κ1) is 16.7. The van der Waals surface area contributed by atoms with Gasteiger partial charge in [0, 0.05) is 17.9 Å². The lowest BCUT2D eigenvalue weighted by molar-refractivity contribution is 0.0712. The number of carbonyl (C=O) groups is 2. The molecule has 1 aromatic carbocycles. The zero-order valence-electron chi connectivity index (χ0n) is 13.5. The minimum Gasteiger partial charge on any atom is -0.376 e. The highest BCUT2D eigenvalue weighted by atomic mass is 32.1. The summed E-state index contributed by atoms with van der Waals surface area (Å²) in [5.41, 5.74) is 1.12. The topological polar surface area (TPSA) is 67.4 Å². The van der Waals surface area contributed by atoms with Crippen molar-refractivity contribution in [3.05, 3.63) is 52.2 Å². The van der Waals surface area contributed by atoms with Gasteiger partial charge in [-0.15, -0.1) is 11.3 Å². The molecule has 2 unspecified atom stereocenters. The Bertz CT molecular complexity index is 709. The molecule has 1 aromatic heterocycles. The third-order valence-corrected chi connectivity index (χ3v) is 4.88. The Morgan fingerprint density at radius 3 is 2.83 bits per heavy atom. The van der Waals surface area contributed by atoms with Gasteiger partial charge in [0.2, 0.25) is 0 Å². The number of benzene rings is 1. The minimum atomic E-state index is -0.171. The van der Waals surface area contributed by atoms with Crippen LogP contribution in [-0.2, 0) is 4.74 Å². The molecule has 2 N–H and O–H groups in total. The van der Waals surface area contributed by atoms with Gasteiger partial charge < -0.3 is 15.4 Å². The van der Waals surface area contributed by atoms with Crippen molar-refractivity contribution in [2.45, 2.75) is 31.9 Å². The fraction of sp³-hybridized carbons (Fsp3) is 0.333. The number of anilines is 1. The molecule has 2 atom stereocenters. The van der Waals surface area contributed by atoms with Gasteiger partial charge in [0.25, 0.3) is 11.8 Å². The van der Waals surface area contributed by atoms with Crippen molar-refractivity contribution in [2.75, 3.05) is 11.9 Å². The van der Waals surface area contributed by atoms with Crippen molar-refractivity contribution >= 4 is 28.8 Å². The van der Waals surface area contributed by atoms with Crippen LogP contribution in [0.1, 0.15) is 39.8 Å². The van der Waals surface area contributed by atoms with E-state index in [1.807, 2.05) is 18.4 Å². The van der Waals surface area contributed by atoms with Gasteiger partial charge >= 0.3 is 0 Å². The van der Waals surface area contributed by atoms with Crippen LogP contribution >= 0.6 is 11.3 Å². The highest BCUT2D eigenvalue weighted by molar-refractivity contribution is 7.12. The fourth-order valence-electron chi connectivity index (χ4n) is 2.72. The SMILES string of the molecule is CC(NC(=O)c1cccc(NC(=O)c2cccs2)c1)C1CCCO1. The van der Waals surface area contributed by atoms with E-state index in [1.54, 1.807) is 30.3 Å². The number of nitrogens with one attached hydrogen (secondary N) is 2. The van der Waals surface area contributed by atoms with E-state index >= 15 is 0 Å². The summed E-state index contributed by atoms with van der Waals surface area (Å²) in [6, 6.07) is 10.5. The molecule has 0 aliphatic carbocycles. The van der Waals surface area contributed by atoms with Gasteiger partial charge in [-0.2, -0.15) is 0 Å². The first-order valence-electron chi connectivity index (χ1n) is 8.01. The fourth-order valence-corrected chi connectivity index (χ4v) is 3.34. The van der Waals surface area contributed by atoms with E-state index in [0.717, 1.165) is 19.4 Å². The molecule has 0 saturated carbocycles. The summed E-state index contributed by atoms with van der Waals surface area (Å²) >= 11 is 1.38. The van der Waals surface area contributed by atoms with Crippen LogP contribution in [-0.4, -0.2) is 30.6 Å². The van der Waals surface area contributed by atoms with Gasteiger partial charge in [0.1, 0.15) is 0 Å². The zero-order chi connectivity index (χ0) is 16.9. The van der Waals surface area contributed by atoms with Crippen LogP contribution < -0.4 is 10.6 Å². The molecule has 24 heavy (non-hydrogen) atoms. The van der Waals surface area contributed by atoms with Crippen molar-refractivity contribution in [3.8, 4) is 0 Å². The average Bonchev–Trinajstić information content (AvgIpc) is 3.28. The lowest BCUT2D eigenvalue weighted by atomic mass is 10.1. The van der Waals surface area contributed by atoms with Crippen LogP contribution in [0.4, 0.5) is 5.69 Å². The van der Waals surface area contributed by atoms with Crippen LogP contribution in [0.5, 0.6) is 0 Å². The van der Waals surface area contributed by atoms with Gasteiger partial charge in [-0.05, 0) is 49.4 Å². The molecule has 1 fully saturated rings. The van der Waals surface area contributed by atoms with Gasteiger partial charge in [0.05, 0.1) is 17.0 Å². The largest absolute Gasteiger partial charge is 0.376 e. The molecular formula is C18H20N2O3S. The minimum absolute atomic E-state index is 0.0376. The Balaban J connectivity index is 1.63. The molecule has 1 aliphatic heterocycles. The molecular weight excluding hydrogens is 324 g/mol. The second kappa shape index (κ2) is 7.59. The van der Waals surface area contributed by atoms with Gasteiger partial charge in [0.15, 0.2) is 0 Å². The second-order valence-electron chi connectivity index (χ2n) is 5.83. The zero-order valence-corrected chi connectivity index (χ0v) is 14.3.